The number of halogens is 6. The second-order valence-corrected chi connectivity index (χ2v) is 3.82. The molecule has 0 saturated heterocycles. The van der Waals surface area contributed by atoms with E-state index < -0.39 is 23.0 Å². The van der Waals surface area contributed by atoms with Crippen LogP contribution in [0.3, 0.4) is 0 Å². The van der Waals surface area contributed by atoms with Gasteiger partial charge in [-0.25, -0.2) is 4.39 Å². The first-order chi connectivity index (χ1) is 6.29. The van der Waals surface area contributed by atoms with E-state index in [0.29, 0.717) is 0 Å². The summed E-state index contributed by atoms with van der Waals surface area (Å²) in [6.45, 7) is 0. The highest BCUT2D eigenvalue weighted by molar-refractivity contribution is 14.1. The molecule has 1 aromatic rings. The zero-order valence-electron chi connectivity index (χ0n) is 6.33. The van der Waals surface area contributed by atoms with Crippen molar-refractivity contribution in [2.24, 2.45) is 0 Å². The molecule has 0 unspecified atom stereocenters. The van der Waals surface area contributed by atoms with Gasteiger partial charge in [0.2, 0.25) is 0 Å². The first-order valence-electron chi connectivity index (χ1n) is 3.20. The average Bonchev–Trinajstić information content (AvgIpc) is 1.95. The van der Waals surface area contributed by atoms with Gasteiger partial charge in [-0.3, -0.25) is 0 Å². The van der Waals surface area contributed by atoms with Crippen LogP contribution in [0.15, 0.2) is 12.1 Å². The number of benzene rings is 1. The molecule has 0 fully saturated rings. The van der Waals surface area contributed by atoms with Gasteiger partial charge in [0.05, 0.1) is 8.59 Å². The van der Waals surface area contributed by atoms with Crippen molar-refractivity contribution in [1.29, 1.82) is 0 Å². The largest absolute Gasteiger partial charge is 0.573 e. The van der Waals surface area contributed by atoms with E-state index in [1.54, 1.807) is 0 Å². The van der Waals surface area contributed by atoms with Crippen LogP contribution < -0.4 is 4.74 Å². The fraction of sp³-hybridized carbons (Fsp3) is 0.143. The highest BCUT2D eigenvalue weighted by atomic mass is 127. The number of hydrogen-bond acceptors (Lipinski definition) is 1. The van der Waals surface area contributed by atoms with Crippen molar-refractivity contribution >= 4 is 34.2 Å². The lowest BCUT2D eigenvalue weighted by Gasteiger charge is -2.11. The number of ether oxygens (including phenoxy) is 1. The fourth-order valence-electron chi connectivity index (χ4n) is 0.742. The van der Waals surface area contributed by atoms with E-state index in [-0.39, 0.29) is 3.57 Å². The Hall–Kier alpha value is -0.240. The van der Waals surface area contributed by atoms with Gasteiger partial charge < -0.3 is 4.74 Å². The van der Waals surface area contributed by atoms with Crippen molar-refractivity contribution in [1.82, 2.24) is 0 Å². The zero-order chi connectivity index (χ0) is 10.9. The minimum absolute atomic E-state index is 0.0371. The standard InChI is InChI=1S/C7H2ClF4IO/c8-4-1-3(9)2-5(13)6(4)14-7(10,11)12/h1-2H. The number of alkyl halides is 3. The SMILES string of the molecule is Fc1cc(Cl)c(OC(F)(F)F)c(I)c1. The first kappa shape index (κ1) is 11.8. The van der Waals surface area contributed by atoms with Crippen molar-refractivity contribution in [3.05, 3.63) is 26.5 Å². The molecule has 0 N–H and O–H groups in total. The van der Waals surface area contributed by atoms with E-state index in [1.165, 1.54) is 22.6 Å². The van der Waals surface area contributed by atoms with Crippen molar-refractivity contribution in [3.8, 4) is 5.75 Å². The van der Waals surface area contributed by atoms with Gasteiger partial charge in [-0.05, 0) is 34.7 Å². The maximum atomic E-state index is 12.6. The van der Waals surface area contributed by atoms with Gasteiger partial charge in [-0.1, -0.05) is 11.6 Å². The molecule has 1 nitrogen and oxygen atoms in total. The summed E-state index contributed by atoms with van der Waals surface area (Å²) in [7, 11) is 0. The van der Waals surface area contributed by atoms with Crippen LogP contribution >= 0.6 is 34.2 Å². The number of rotatable bonds is 1. The normalized spacial score (nSPS) is 11.6. The van der Waals surface area contributed by atoms with Crippen LogP contribution in [0, 0.1) is 9.39 Å². The molecule has 0 aliphatic rings. The lowest BCUT2D eigenvalue weighted by Crippen LogP contribution is -2.18. The highest BCUT2D eigenvalue weighted by Crippen LogP contribution is 2.34. The molecule has 14 heavy (non-hydrogen) atoms. The second kappa shape index (κ2) is 4.09. The van der Waals surface area contributed by atoms with E-state index in [0.717, 1.165) is 12.1 Å². The van der Waals surface area contributed by atoms with E-state index in [1.807, 2.05) is 0 Å². The molecule has 0 bridgehead atoms. The summed E-state index contributed by atoms with van der Waals surface area (Å²) in [4.78, 5) is 0. The third kappa shape index (κ3) is 3.16. The Morgan fingerprint density at radius 1 is 1.29 bits per heavy atom. The van der Waals surface area contributed by atoms with Crippen LogP contribution in [0.25, 0.3) is 0 Å². The molecule has 78 valence electrons. The lowest BCUT2D eigenvalue weighted by molar-refractivity contribution is -0.274. The predicted octanol–water partition coefficient (Wildman–Crippen LogP) is 3.98. The quantitative estimate of drug-likeness (QED) is 0.555. The summed E-state index contributed by atoms with van der Waals surface area (Å²) in [6, 6.07) is 1.65. The average molecular weight is 340 g/mol. The van der Waals surface area contributed by atoms with Gasteiger partial charge >= 0.3 is 6.36 Å². The summed E-state index contributed by atoms with van der Waals surface area (Å²) >= 11 is 6.87. The third-order valence-corrected chi connectivity index (χ3v) is 2.26. The van der Waals surface area contributed by atoms with Gasteiger partial charge in [0, 0.05) is 0 Å². The summed E-state index contributed by atoms with van der Waals surface area (Å²) in [5, 5.41) is -0.410. The molecular formula is C7H2ClF4IO. The fourth-order valence-corrected chi connectivity index (χ4v) is 1.84. The summed E-state index contributed by atoms with van der Waals surface area (Å²) in [6.07, 6.45) is -4.83. The van der Waals surface area contributed by atoms with Gasteiger partial charge in [0.15, 0.2) is 5.75 Å². The first-order valence-corrected chi connectivity index (χ1v) is 4.65. The van der Waals surface area contributed by atoms with E-state index in [2.05, 4.69) is 4.74 Å². The van der Waals surface area contributed by atoms with Crippen LogP contribution in [0.2, 0.25) is 5.02 Å². The monoisotopic (exact) mass is 340 g/mol. The smallest absolute Gasteiger partial charge is 0.403 e. The Bertz CT molecular complexity index is 329. The molecular weight excluding hydrogens is 338 g/mol. The zero-order valence-corrected chi connectivity index (χ0v) is 9.24. The molecule has 1 rings (SSSR count). The molecule has 0 aromatic heterocycles. The topological polar surface area (TPSA) is 9.23 Å². The van der Waals surface area contributed by atoms with Crippen molar-refractivity contribution in [2.75, 3.05) is 0 Å². The maximum Gasteiger partial charge on any atom is 0.573 e. The van der Waals surface area contributed by atoms with Crippen LogP contribution in [-0.2, 0) is 0 Å². The van der Waals surface area contributed by atoms with Crippen LogP contribution in [0.4, 0.5) is 17.6 Å². The molecule has 0 spiro atoms. The summed E-state index contributed by atoms with van der Waals surface area (Å²) in [5.74, 6) is -1.30. The predicted molar refractivity (Wildman–Crippen MR) is 50.8 cm³/mol. The highest BCUT2D eigenvalue weighted by Gasteiger charge is 2.33. The molecule has 0 heterocycles. The van der Waals surface area contributed by atoms with E-state index >= 15 is 0 Å². The van der Waals surface area contributed by atoms with Gasteiger partial charge in [0.1, 0.15) is 5.82 Å². The molecule has 0 aliphatic carbocycles. The minimum atomic E-state index is -4.83. The Morgan fingerprint density at radius 2 is 1.86 bits per heavy atom. The molecule has 0 amide bonds. The van der Waals surface area contributed by atoms with Gasteiger partial charge in [-0.2, -0.15) is 0 Å². The lowest BCUT2D eigenvalue weighted by atomic mass is 10.3. The molecule has 0 atom stereocenters. The Morgan fingerprint density at radius 3 is 2.29 bits per heavy atom. The third-order valence-electron chi connectivity index (χ3n) is 1.18. The second-order valence-electron chi connectivity index (χ2n) is 2.25. The Kier molecular flexibility index (Phi) is 3.46. The Labute approximate surface area is 95.1 Å². The molecule has 0 radical (unpaired) electrons. The summed E-state index contributed by atoms with van der Waals surface area (Å²) in [5.41, 5.74) is 0. The maximum absolute atomic E-state index is 12.6. The van der Waals surface area contributed by atoms with Crippen LogP contribution in [0.5, 0.6) is 5.75 Å². The van der Waals surface area contributed by atoms with Crippen LogP contribution in [-0.4, -0.2) is 6.36 Å². The Balaban J connectivity index is 3.09. The molecule has 0 saturated carbocycles. The van der Waals surface area contributed by atoms with Gasteiger partial charge in [0.25, 0.3) is 0 Å². The minimum Gasteiger partial charge on any atom is -0.403 e. The summed E-state index contributed by atoms with van der Waals surface area (Å²) < 4.78 is 51.7. The van der Waals surface area contributed by atoms with Gasteiger partial charge in [-0.15, -0.1) is 13.2 Å². The van der Waals surface area contributed by atoms with Crippen molar-refractivity contribution in [3.63, 3.8) is 0 Å². The molecule has 7 heteroatoms. The van der Waals surface area contributed by atoms with Crippen LogP contribution in [0.1, 0.15) is 0 Å². The van der Waals surface area contributed by atoms with E-state index in [4.69, 9.17) is 11.6 Å². The van der Waals surface area contributed by atoms with Crippen molar-refractivity contribution in [2.45, 2.75) is 6.36 Å². The number of hydrogen-bond donors (Lipinski definition) is 0. The van der Waals surface area contributed by atoms with Crippen molar-refractivity contribution < 1.29 is 22.3 Å². The van der Waals surface area contributed by atoms with E-state index in [9.17, 15) is 17.6 Å². The molecule has 0 aliphatic heterocycles. The molecule has 1 aromatic carbocycles.